The first-order chi connectivity index (χ1) is 15.0. The van der Waals surface area contributed by atoms with Crippen molar-refractivity contribution in [2.24, 2.45) is 0 Å². The van der Waals surface area contributed by atoms with Crippen molar-refractivity contribution in [2.75, 3.05) is 11.9 Å². The van der Waals surface area contributed by atoms with E-state index in [1.807, 2.05) is 43.3 Å². The maximum Gasteiger partial charge on any atom is 0.210 e. The highest BCUT2D eigenvalue weighted by Gasteiger charge is 2.32. The first-order valence-corrected chi connectivity index (χ1v) is 10.9. The lowest BCUT2D eigenvalue weighted by Gasteiger charge is -2.38. The van der Waals surface area contributed by atoms with Crippen molar-refractivity contribution >= 4 is 41.0 Å². The molecule has 1 fully saturated rings. The third-order valence-corrected chi connectivity index (χ3v) is 6.52. The van der Waals surface area contributed by atoms with Gasteiger partial charge in [0.1, 0.15) is 11.0 Å². The van der Waals surface area contributed by atoms with Crippen LogP contribution in [0.2, 0.25) is 10.2 Å². The number of amides is 1. The Hall–Kier alpha value is -2.63. The molecule has 0 aliphatic carbocycles. The molecule has 0 bridgehead atoms. The lowest BCUT2D eigenvalue weighted by atomic mass is 9.82. The lowest BCUT2D eigenvalue weighted by Crippen LogP contribution is -2.35. The van der Waals surface area contributed by atoms with Crippen LogP contribution in [0.4, 0.5) is 15.8 Å². The summed E-state index contributed by atoms with van der Waals surface area (Å²) in [6.07, 6.45) is 4.16. The van der Waals surface area contributed by atoms with Gasteiger partial charge in [-0.15, -0.1) is 0 Å². The van der Waals surface area contributed by atoms with E-state index in [0.717, 1.165) is 40.9 Å². The molecule has 7 heteroatoms. The summed E-state index contributed by atoms with van der Waals surface area (Å²) < 4.78 is 13.4. The average molecular weight is 458 g/mol. The van der Waals surface area contributed by atoms with Gasteiger partial charge in [-0.05, 0) is 67.6 Å². The highest BCUT2D eigenvalue weighted by molar-refractivity contribution is 6.31. The number of rotatable bonds is 5. The van der Waals surface area contributed by atoms with Crippen LogP contribution in [0.15, 0.2) is 54.7 Å². The van der Waals surface area contributed by atoms with Crippen molar-refractivity contribution in [1.82, 2.24) is 9.88 Å². The Balaban J connectivity index is 1.71. The molecular weight excluding hydrogens is 436 g/mol. The number of likely N-dealkylation sites (tertiary alicyclic amines) is 1. The summed E-state index contributed by atoms with van der Waals surface area (Å²) in [5.74, 6) is -0.0428. The summed E-state index contributed by atoms with van der Waals surface area (Å²) in [6, 6.07) is 13.8. The van der Waals surface area contributed by atoms with Crippen molar-refractivity contribution in [3.8, 4) is 0 Å². The predicted molar refractivity (Wildman–Crippen MR) is 123 cm³/mol. The summed E-state index contributed by atoms with van der Waals surface area (Å²) in [7, 11) is 0. The quantitative estimate of drug-likeness (QED) is 0.344. The summed E-state index contributed by atoms with van der Waals surface area (Å²) >= 11 is 12.4. The molecule has 2 aromatic carbocycles. The van der Waals surface area contributed by atoms with Gasteiger partial charge in [0.2, 0.25) is 6.41 Å². The number of nitrogens with one attached hydrogen (secondary N) is 1. The van der Waals surface area contributed by atoms with E-state index in [9.17, 15) is 9.18 Å². The predicted octanol–water partition coefficient (Wildman–Crippen LogP) is 6.66. The molecule has 1 aliphatic heterocycles. The summed E-state index contributed by atoms with van der Waals surface area (Å²) in [5.41, 5.74) is 4.47. The van der Waals surface area contributed by atoms with E-state index in [2.05, 4.69) is 10.3 Å². The fourth-order valence-corrected chi connectivity index (χ4v) is 4.43. The van der Waals surface area contributed by atoms with Gasteiger partial charge in [0.25, 0.3) is 0 Å². The highest BCUT2D eigenvalue weighted by atomic mass is 35.5. The Kier molecular flexibility index (Phi) is 6.44. The van der Waals surface area contributed by atoms with Gasteiger partial charge in [0.15, 0.2) is 0 Å². The summed E-state index contributed by atoms with van der Waals surface area (Å²) in [4.78, 5) is 18.0. The van der Waals surface area contributed by atoms with Crippen LogP contribution in [0.5, 0.6) is 0 Å². The van der Waals surface area contributed by atoms with Crippen molar-refractivity contribution in [2.45, 2.75) is 31.7 Å². The van der Waals surface area contributed by atoms with Crippen LogP contribution in [-0.4, -0.2) is 22.8 Å². The molecule has 0 radical (unpaired) electrons. The van der Waals surface area contributed by atoms with Crippen LogP contribution in [0, 0.1) is 12.7 Å². The van der Waals surface area contributed by atoms with Crippen LogP contribution in [0.3, 0.4) is 0 Å². The monoisotopic (exact) mass is 457 g/mol. The smallest absolute Gasteiger partial charge is 0.210 e. The number of piperidine rings is 1. The first-order valence-electron chi connectivity index (χ1n) is 10.1. The van der Waals surface area contributed by atoms with Gasteiger partial charge in [-0.25, -0.2) is 9.37 Å². The van der Waals surface area contributed by atoms with Crippen molar-refractivity contribution in [1.29, 1.82) is 0 Å². The molecule has 1 saturated heterocycles. The molecule has 1 N–H and O–H groups in total. The number of nitrogens with zero attached hydrogens (tertiary/aromatic N) is 2. The van der Waals surface area contributed by atoms with Crippen LogP contribution in [0.1, 0.15) is 41.5 Å². The minimum Gasteiger partial charge on any atom is -0.355 e. The third-order valence-electron chi connectivity index (χ3n) is 5.88. The second-order valence-corrected chi connectivity index (χ2v) is 8.56. The number of benzene rings is 2. The SMILES string of the molecule is Cc1c(Cl)ncc(C2CC(c3ccc(F)cc3)CCN2C=O)c1Nc1ccc(Cl)cc1. The van der Waals surface area contributed by atoms with Crippen LogP contribution < -0.4 is 5.32 Å². The zero-order valence-electron chi connectivity index (χ0n) is 17.0. The first kappa shape index (κ1) is 21.6. The van der Waals surface area contributed by atoms with Gasteiger partial charge < -0.3 is 10.2 Å². The molecule has 0 spiro atoms. The number of carbonyl (C=O) groups is 1. The highest BCUT2D eigenvalue weighted by Crippen LogP contribution is 2.43. The fraction of sp³-hybridized carbons (Fsp3) is 0.250. The average Bonchev–Trinajstić information content (AvgIpc) is 2.78. The molecule has 1 aliphatic rings. The maximum absolute atomic E-state index is 13.4. The maximum atomic E-state index is 13.4. The minimum absolute atomic E-state index is 0.181. The van der Waals surface area contributed by atoms with E-state index in [1.54, 1.807) is 11.1 Å². The van der Waals surface area contributed by atoms with E-state index in [4.69, 9.17) is 23.2 Å². The second kappa shape index (κ2) is 9.25. The molecule has 2 atom stereocenters. The molecule has 0 saturated carbocycles. The number of aromatic nitrogens is 1. The summed E-state index contributed by atoms with van der Waals surface area (Å²) in [6.45, 7) is 2.51. The Morgan fingerprint density at radius 3 is 2.52 bits per heavy atom. The van der Waals surface area contributed by atoms with Gasteiger partial charge in [-0.3, -0.25) is 4.79 Å². The van der Waals surface area contributed by atoms with Gasteiger partial charge >= 0.3 is 0 Å². The van der Waals surface area contributed by atoms with Crippen LogP contribution in [-0.2, 0) is 4.79 Å². The molecule has 31 heavy (non-hydrogen) atoms. The van der Waals surface area contributed by atoms with Gasteiger partial charge in [-0.2, -0.15) is 0 Å². The van der Waals surface area contributed by atoms with Crippen LogP contribution in [0.25, 0.3) is 0 Å². The Bertz CT molecular complexity index is 1070. The molecule has 2 heterocycles. The number of pyridine rings is 1. The topological polar surface area (TPSA) is 45.2 Å². The minimum atomic E-state index is -0.252. The van der Waals surface area contributed by atoms with E-state index < -0.39 is 0 Å². The standard InChI is InChI=1S/C24H22Cl2FN3O/c1-15-23(29-20-8-4-18(25)5-9-20)21(13-28-24(15)26)22-12-17(10-11-30(22)14-31)16-2-6-19(27)7-3-16/h2-9,13-14,17,22H,10-12H2,1H3,(H,28,29). The molecule has 3 aromatic rings. The molecule has 1 amide bonds. The zero-order chi connectivity index (χ0) is 22.0. The number of anilines is 2. The van der Waals surface area contributed by atoms with E-state index >= 15 is 0 Å². The van der Waals surface area contributed by atoms with E-state index in [-0.39, 0.29) is 17.8 Å². The molecule has 160 valence electrons. The number of hydrogen-bond acceptors (Lipinski definition) is 3. The molecular formula is C24H22Cl2FN3O. The number of hydrogen-bond donors (Lipinski definition) is 1. The van der Waals surface area contributed by atoms with Crippen molar-refractivity contribution in [3.05, 3.63) is 87.4 Å². The zero-order valence-corrected chi connectivity index (χ0v) is 18.5. The molecule has 4 nitrogen and oxygen atoms in total. The molecule has 1 aromatic heterocycles. The normalized spacial score (nSPS) is 18.6. The largest absolute Gasteiger partial charge is 0.355 e. The Labute approximate surface area is 191 Å². The Morgan fingerprint density at radius 1 is 1.13 bits per heavy atom. The lowest BCUT2D eigenvalue weighted by molar-refractivity contribution is -0.121. The second-order valence-electron chi connectivity index (χ2n) is 7.77. The third kappa shape index (κ3) is 4.68. The molecule has 2 unspecified atom stereocenters. The molecule has 4 rings (SSSR count). The van der Waals surface area contributed by atoms with Gasteiger partial charge in [0, 0.05) is 34.6 Å². The fourth-order valence-electron chi connectivity index (χ4n) is 4.16. The van der Waals surface area contributed by atoms with E-state index in [1.165, 1.54) is 12.1 Å². The Morgan fingerprint density at radius 2 is 1.84 bits per heavy atom. The van der Waals surface area contributed by atoms with Gasteiger partial charge in [-0.1, -0.05) is 35.3 Å². The summed E-state index contributed by atoms with van der Waals surface area (Å²) in [5, 5.41) is 4.49. The number of halogens is 3. The van der Waals surface area contributed by atoms with E-state index in [0.29, 0.717) is 23.1 Å². The van der Waals surface area contributed by atoms with Gasteiger partial charge in [0.05, 0.1) is 11.7 Å². The van der Waals surface area contributed by atoms with Crippen LogP contribution >= 0.6 is 23.2 Å². The van der Waals surface area contributed by atoms with Crippen molar-refractivity contribution < 1.29 is 9.18 Å². The van der Waals surface area contributed by atoms with Crippen molar-refractivity contribution in [3.63, 3.8) is 0 Å². The number of carbonyl (C=O) groups excluding carboxylic acids is 1.